The molecule has 140 valence electrons. The fourth-order valence-corrected chi connectivity index (χ4v) is 4.55. The highest BCUT2D eigenvalue weighted by Gasteiger charge is 2.40. The summed E-state index contributed by atoms with van der Waals surface area (Å²) in [6.07, 6.45) is 6.25. The summed E-state index contributed by atoms with van der Waals surface area (Å²) in [5.74, 6) is 0. The molecule has 2 heterocycles. The lowest BCUT2D eigenvalue weighted by molar-refractivity contribution is 0.101. The molecule has 1 aromatic heterocycles. The molecule has 1 atom stereocenters. The molecule has 1 saturated carbocycles. The standard InChI is InChI=1S/C20H28N4O2/c1-2-16-14-23(12-5-13-24(16)19(25)26)17-7-9-20(15-21,10-8-17)18-6-3-4-11-22-18/h3-4,6,11,16-17H,2,5,7-10,12-14H2,1H3,(H,25,26). The maximum atomic E-state index is 11.5. The van der Waals surface area contributed by atoms with Crippen LogP contribution in [0.5, 0.6) is 0 Å². The summed E-state index contributed by atoms with van der Waals surface area (Å²) >= 11 is 0. The number of hydrogen-bond acceptors (Lipinski definition) is 4. The molecule has 0 aromatic carbocycles. The Hall–Kier alpha value is -2.13. The van der Waals surface area contributed by atoms with Gasteiger partial charge in [-0.15, -0.1) is 0 Å². The lowest BCUT2D eigenvalue weighted by atomic mass is 9.71. The van der Waals surface area contributed by atoms with Gasteiger partial charge in [-0.05, 0) is 50.7 Å². The molecule has 1 amide bonds. The summed E-state index contributed by atoms with van der Waals surface area (Å²) in [4.78, 5) is 20.0. The molecule has 0 spiro atoms. The smallest absolute Gasteiger partial charge is 0.407 e. The highest BCUT2D eigenvalue weighted by Crippen LogP contribution is 2.39. The van der Waals surface area contributed by atoms with E-state index in [1.165, 1.54) is 0 Å². The lowest BCUT2D eigenvalue weighted by Crippen LogP contribution is -2.48. The van der Waals surface area contributed by atoms with Gasteiger partial charge in [0, 0.05) is 37.9 Å². The first-order valence-corrected chi connectivity index (χ1v) is 9.66. The first kappa shape index (κ1) is 18.7. The van der Waals surface area contributed by atoms with Crippen LogP contribution in [-0.4, -0.2) is 57.7 Å². The summed E-state index contributed by atoms with van der Waals surface area (Å²) in [6, 6.07) is 8.85. The summed E-state index contributed by atoms with van der Waals surface area (Å²) in [6.45, 7) is 4.42. The fourth-order valence-electron chi connectivity index (χ4n) is 4.55. The van der Waals surface area contributed by atoms with Gasteiger partial charge in [-0.2, -0.15) is 5.26 Å². The zero-order valence-corrected chi connectivity index (χ0v) is 15.5. The van der Waals surface area contributed by atoms with E-state index in [0.29, 0.717) is 12.6 Å². The molecule has 1 aliphatic heterocycles. The largest absolute Gasteiger partial charge is 0.465 e. The van der Waals surface area contributed by atoms with Gasteiger partial charge in [0.1, 0.15) is 0 Å². The summed E-state index contributed by atoms with van der Waals surface area (Å²) in [7, 11) is 0. The van der Waals surface area contributed by atoms with E-state index in [-0.39, 0.29) is 6.04 Å². The number of carbonyl (C=O) groups is 1. The molecule has 1 aromatic rings. The van der Waals surface area contributed by atoms with Crippen LogP contribution < -0.4 is 0 Å². The molecule has 1 aliphatic carbocycles. The third-order valence-corrected chi connectivity index (χ3v) is 6.14. The predicted octanol–water partition coefficient (Wildman–Crippen LogP) is 3.25. The van der Waals surface area contributed by atoms with Crippen molar-refractivity contribution in [2.45, 2.75) is 62.9 Å². The number of pyridine rings is 1. The molecular weight excluding hydrogens is 328 g/mol. The van der Waals surface area contributed by atoms with E-state index in [9.17, 15) is 15.2 Å². The van der Waals surface area contributed by atoms with Crippen molar-refractivity contribution in [1.82, 2.24) is 14.8 Å². The van der Waals surface area contributed by atoms with E-state index >= 15 is 0 Å². The highest BCUT2D eigenvalue weighted by atomic mass is 16.4. The van der Waals surface area contributed by atoms with Gasteiger partial charge in [0.25, 0.3) is 0 Å². The SMILES string of the molecule is CCC1CN(C2CCC(C#N)(c3ccccn3)CC2)CCCN1C(=O)O. The van der Waals surface area contributed by atoms with E-state index in [4.69, 9.17) is 0 Å². The van der Waals surface area contributed by atoms with Gasteiger partial charge in [0.15, 0.2) is 0 Å². The number of aromatic nitrogens is 1. The van der Waals surface area contributed by atoms with Crippen LogP contribution in [0.25, 0.3) is 0 Å². The minimum Gasteiger partial charge on any atom is -0.465 e. The van der Waals surface area contributed by atoms with Crippen LogP contribution in [0.3, 0.4) is 0 Å². The van der Waals surface area contributed by atoms with Crippen molar-refractivity contribution in [2.75, 3.05) is 19.6 Å². The molecule has 1 unspecified atom stereocenters. The van der Waals surface area contributed by atoms with Gasteiger partial charge >= 0.3 is 6.09 Å². The zero-order valence-electron chi connectivity index (χ0n) is 15.5. The van der Waals surface area contributed by atoms with Crippen molar-refractivity contribution in [3.63, 3.8) is 0 Å². The molecule has 2 fully saturated rings. The molecule has 1 saturated heterocycles. The van der Waals surface area contributed by atoms with Crippen LogP contribution in [0.4, 0.5) is 4.79 Å². The van der Waals surface area contributed by atoms with Crippen LogP contribution in [0.1, 0.15) is 51.1 Å². The molecule has 1 N–H and O–H groups in total. The topological polar surface area (TPSA) is 80.5 Å². The number of hydrogen-bond donors (Lipinski definition) is 1. The van der Waals surface area contributed by atoms with Gasteiger partial charge in [0.2, 0.25) is 0 Å². The Morgan fingerprint density at radius 1 is 1.38 bits per heavy atom. The van der Waals surface area contributed by atoms with Crippen molar-refractivity contribution in [3.8, 4) is 6.07 Å². The van der Waals surface area contributed by atoms with Gasteiger partial charge in [-0.1, -0.05) is 13.0 Å². The summed E-state index contributed by atoms with van der Waals surface area (Å²) in [5.41, 5.74) is 0.418. The van der Waals surface area contributed by atoms with Crippen molar-refractivity contribution in [2.24, 2.45) is 0 Å². The molecular formula is C20H28N4O2. The lowest BCUT2D eigenvalue weighted by Gasteiger charge is -2.40. The minimum absolute atomic E-state index is 0.0634. The molecule has 0 radical (unpaired) electrons. The second-order valence-electron chi connectivity index (χ2n) is 7.53. The van der Waals surface area contributed by atoms with E-state index in [1.54, 1.807) is 11.1 Å². The average Bonchev–Trinajstić information content (AvgIpc) is 2.91. The Morgan fingerprint density at radius 2 is 2.15 bits per heavy atom. The number of nitrogens with zero attached hydrogens (tertiary/aromatic N) is 4. The van der Waals surface area contributed by atoms with Crippen LogP contribution in [0, 0.1) is 11.3 Å². The average molecular weight is 356 g/mol. The number of carboxylic acid groups (broad SMARTS) is 1. The highest BCUT2D eigenvalue weighted by molar-refractivity contribution is 5.65. The van der Waals surface area contributed by atoms with E-state index in [1.807, 2.05) is 18.2 Å². The van der Waals surface area contributed by atoms with Crippen molar-refractivity contribution in [3.05, 3.63) is 30.1 Å². The quantitative estimate of drug-likeness (QED) is 0.899. The van der Waals surface area contributed by atoms with Gasteiger partial charge in [0.05, 0.1) is 17.2 Å². The van der Waals surface area contributed by atoms with Crippen LogP contribution in [0.15, 0.2) is 24.4 Å². The van der Waals surface area contributed by atoms with Gasteiger partial charge in [-0.25, -0.2) is 4.79 Å². The Labute approximate surface area is 155 Å². The Balaban J connectivity index is 1.68. The molecule has 2 aliphatic rings. The van der Waals surface area contributed by atoms with E-state index in [0.717, 1.165) is 57.3 Å². The molecule has 3 rings (SSSR count). The van der Waals surface area contributed by atoms with Gasteiger partial charge < -0.3 is 10.0 Å². The second kappa shape index (κ2) is 8.05. The third-order valence-electron chi connectivity index (χ3n) is 6.14. The number of amides is 1. The normalized spacial score (nSPS) is 30.4. The maximum Gasteiger partial charge on any atom is 0.407 e. The number of nitriles is 1. The molecule has 6 heteroatoms. The van der Waals surface area contributed by atoms with E-state index in [2.05, 4.69) is 22.9 Å². The molecule has 6 nitrogen and oxygen atoms in total. The first-order chi connectivity index (χ1) is 12.6. The molecule has 0 bridgehead atoms. The van der Waals surface area contributed by atoms with Crippen LogP contribution in [0.2, 0.25) is 0 Å². The minimum atomic E-state index is -0.805. The number of rotatable bonds is 3. The Morgan fingerprint density at radius 3 is 2.73 bits per heavy atom. The predicted molar refractivity (Wildman–Crippen MR) is 98.8 cm³/mol. The Bertz CT molecular complexity index is 650. The van der Waals surface area contributed by atoms with Crippen molar-refractivity contribution < 1.29 is 9.90 Å². The van der Waals surface area contributed by atoms with Gasteiger partial charge in [-0.3, -0.25) is 9.88 Å². The van der Waals surface area contributed by atoms with Crippen LogP contribution in [-0.2, 0) is 5.41 Å². The van der Waals surface area contributed by atoms with Crippen molar-refractivity contribution in [1.29, 1.82) is 5.26 Å². The monoisotopic (exact) mass is 356 g/mol. The van der Waals surface area contributed by atoms with Crippen molar-refractivity contribution >= 4 is 6.09 Å². The molecule has 26 heavy (non-hydrogen) atoms. The maximum absolute atomic E-state index is 11.5. The summed E-state index contributed by atoms with van der Waals surface area (Å²) < 4.78 is 0. The first-order valence-electron chi connectivity index (χ1n) is 9.66. The zero-order chi connectivity index (χ0) is 18.6. The van der Waals surface area contributed by atoms with E-state index < -0.39 is 11.5 Å². The Kier molecular flexibility index (Phi) is 5.77. The third kappa shape index (κ3) is 3.68. The second-order valence-corrected chi connectivity index (χ2v) is 7.53. The summed E-state index contributed by atoms with van der Waals surface area (Å²) in [5, 5.41) is 19.3. The fraction of sp³-hybridized carbons (Fsp3) is 0.650. The van der Waals surface area contributed by atoms with Crippen LogP contribution >= 0.6 is 0 Å².